The van der Waals surface area contributed by atoms with E-state index in [2.05, 4.69) is 10.4 Å². The number of hydrogen-bond acceptors (Lipinski definition) is 5. The lowest BCUT2D eigenvalue weighted by Crippen LogP contribution is -2.23. The first-order valence-corrected chi connectivity index (χ1v) is 8.53. The molecule has 2 heterocycles. The molecule has 0 aromatic carbocycles. The van der Waals surface area contributed by atoms with Crippen LogP contribution < -0.4 is 10.5 Å². The molecule has 114 valence electrons. The van der Waals surface area contributed by atoms with Gasteiger partial charge in [0.1, 0.15) is 9.36 Å². The maximum Gasteiger partial charge on any atom is 0.256 e. The molecule has 10 heteroatoms. The lowest BCUT2D eigenvalue weighted by Gasteiger charge is -2.03. The van der Waals surface area contributed by atoms with Crippen LogP contribution in [0.25, 0.3) is 0 Å². The molecule has 0 spiro atoms. The van der Waals surface area contributed by atoms with Crippen molar-refractivity contribution < 1.29 is 13.2 Å². The highest BCUT2D eigenvalue weighted by Gasteiger charge is 2.19. The number of amides is 1. The van der Waals surface area contributed by atoms with Crippen LogP contribution in [0.4, 0.5) is 0 Å². The molecule has 0 fully saturated rings. The van der Waals surface area contributed by atoms with Gasteiger partial charge in [0, 0.05) is 11.9 Å². The number of rotatable bonds is 4. The summed E-state index contributed by atoms with van der Waals surface area (Å²) in [5.74, 6) is -0.365. The van der Waals surface area contributed by atoms with E-state index in [1.54, 1.807) is 20.0 Å². The summed E-state index contributed by atoms with van der Waals surface area (Å²) in [6, 6.07) is 3.01. The van der Waals surface area contributed by atoms with Crippen molar-refractivity contribution in [2.24, 2.45) is 12.2 Å². The average molecular weight is 349 g/mol. The molecule has 0 saturated carbocycles. The highest BCUT2D eigenvalue weighted by molar-refractivity contribution is 7.91. The molecule has 0 unspecified atom stereocenters. The third-order valence-electron chi connectivity index (χ3n) is 2.72. The van der Waals surface area contributed by atoms with Crippen molar-refractivity contribution in [3.63, 3.8) is 0 Å². The van der Waals surface area contributed by atoms with Crippen LogP contribution in [0.15, 0.2) is 16.3 Å². The number of sulfonamides is 1. The number of halogens is 1. The van der Waals surface area contributed by atoms with Gasteiger partial charge in [0.2, 0.25) is 10.0 Å². The van der Waals surface area contributed by atoms with E-state index in [4.69, 9.17) is 16.7 Å². The number of thiophene rings is 1. The van der Waals surface area contributed by atoms with Crippen molar-refractivity contribution in [2.45, 2.75) is 17.7 Å². The quantitative estimate of drug-likeness (QED) is 0.860. The summed E-state index contributed by atoms with van der Waals surface area (Å²) in [7, 11) is -2.07. The molecule has 0 bridgehead atoms. The number of hydrogen-bond donors (Lipinski definition) is 2. The molecule has 0 atom stereocenters. The number of nitrogens with zero attached hydrogens (tertiary/aromatic N) is 2. The van der Waals surface area contributed by atoms with Crippen LogP contribution in [0, 0.1) is 6.92 Å². The van der Waals surface area contributed by atoms with Crippen molar-refractivity contribution in [3.05, 3.63) is 33.4 Å². The molecule has 0 aliphatic heterocycles. The van der Waals surface area contributed by atoms with Gasteiger partial charge in [-0.3, -0.25) is 9.48 Å². The zero-order valence-corrected chi connectivity index (χ0v) is 13.6. The normalized spacial score (nSPS) is 11.6. The van der Waals surface area contributed by atoms with Crippen molar-refractivity contribution in [1.29, 1.82) is 0 Å². The smallest absolute Gasteiger partial charge is 0.256 e. The maximum absolute atomic E-state index is 12.1. The van der Waals surface area contributed by atoms with Gasteiger partial charge in [-0.2, -0.15) is 5.10 Å². The Morgan fingerprint density at radius 1 is 1.52 bits per heavy atom. The van der Waals surface area contributed by atoms with Gasteiger partial charge in [-0.05, 0) is 19.1 Å². The Kier molecular flexibility index (Phi) is 4.38. The highest BCUT2D eigenvalue weighted by atomic mass is 35.5. The second kappa shape index (κ2) is 5.76. The summed E-state index contributed by atoms with van der Waals surface area (Å²) in [5.41, 5.74) is 0.832. The van der Waals surface area contributed by atoms with Crippen molar-refractivity contribution in [3.8, 4) is 0 Å². The van der Waals surface area contributed by atoms with Gasteiger partial charge in [0.15, 0.2) is 0 Å². The topological polar surface area (TPSA) is 107 Å². The summed E-state index contributed by atoms with van der Waals surface area (Å²) in [5, 5.41) is 12.0. The van der Waals surface area contributed by atoms with E-state index >= 15 is 0 Å². The fourth-order valence-corrected chi connectivity index (χ4v) is 3.73. The number of carbonyl (C=O) groups is 1. The van der Waals surface area contributed by atoms with Gasteiger partial charge >= 0.3 is 0 Å². The average Bonchev–Trinajstić information content (AvgIpc) is 2.93. The molecular weight excluding hydrogens is 336 g/mol. The van der Waals surface area contributed by atoms with Gasteiger partial charge in [0.25, 0.3) is 5.91 Å². The molecular formula is C11H13ClN4O3S2. The molecule has 2 aromatic rings. The Morgan fingerprint density at radius 2 is 2.19 bits per heavy atom. The molecule has 2 aromatic heterocycles. The first-order chi connectivity index (χ1) is 9.70. The molecule has 0 aliphatic rings. The first-order valence-electron chi connectivity index (χ1n) is 5.79. The van der Waals surface area contributed by atoms with E-state index in [1.165, 1.54) is 10.7 Å². The maximum atomic E-state index is 12.1. The van der Waals surface area contributed by atoms with Gasteiger partial charge < -0.3 is 5.32 Å². The molecule has 2 rings (SSSR count). The van der Waals surface area contributed by atoms with E-state index in [0.717, 1.165) is 11.3 Å². The van der Waals surface area contributed by atoms with Gasteiger partial charge in [-0.25, -0.2) is 13.6 Å². The summed E-state index contributed by atoms with van der Waals surface area (Å²) in [6.45, 7) is 1.87. The monoisotopic (exact) mass is 348 g/mol. The number of nitrogens with one attached hydrogen (secondary N) is 1. The van der Waals surface area contributed by atoms with E-state index < -0.39 is 10.0 Å². The Bertz CT molecular complexity index is 794. The number of aryl methyl sites for hydroxylation is 2. The minimum Gasteiger partial charge on any atom is -0.347 e. The fraction of sp³-hybridized carbons (Fsp3) is 0.273. The van der Waals surface area contributed by atoms with E-state index in [9.17, 15) is 13.2 Å². The van der Waals surface area contributed by atoms with Crippen LogP contribution in [0.3, 0.4) is 0 Å². The van der Waals surface area contributed by atoms with Crippen LogP contribution >= 0.6 is 22.9 Å². The van der Waals surface area contributed by atoms with Crippen molar-refractivity contribution in [1.82, 2.24) is 15.1 Å². The van der Waals surface area contributed by atoms with E-state index in [1.807, 2.05) is 0 Å². The fourth-order valence-electron chi connectivity index (χ4n) is 1.75. The Morgan fingerprint density at radius 3 is 2.67 bits per heavy atom. The first kappa shape index (κ1) is 16.0. The number of aromatic nitrogens is 2. The lowest BCUT2D eigenvalue weighted by atomic mass is 10.2. The van der Waals surface area contributed by atoms with Gasteiger partial charge in [-0.15, -0.1) is 11.3 Å². The summed E-state index contributed by atoms with van der Waals surface area (Å²) in [4.78, 5) is 12.8. The van der Waals surface area contributed by atoms with Crippen LogP contribution in [0.2, 0.25) is 5.15 Å². The van der Waals surface area contributed by atoms with Gasteiger partial charge in [0.05, 0.1) is 17.8 Å². The number of nitrogens with two attached hydrogens (primary N) is 1. The molecule has 0 radical (unpaired) electrons. The minimum atomic E-state index is -3.71. The van der Waals surface area contributed by atoms with Crippen molar-refractivity contribution >= 4 is 38.9 Å². The second-order valence-corrected chi connectivity index (χ2v) is 7.64. The minimum absolute atomic E-state index is 0.0577. The summed E-state index contributed by atoms with van der Waals surface area (Å²) >= 11 is 7.01. The predicted octanol–water partition coefficient (Wildman–Crippen LogP) is 1.02. The molecule has 0 aliphatic carbocycles. The molecule has 3 N–H and O–H groups in total. The Hall–Kier alpha value is -1.42. The van der Waals surface area contributed by atoms with E-state index in [-0.39, 0.29) is 21.8 Å². The summed E-state index contributed by atoms with van der Waals surface area (Å²) < 4.78 is 23.8. The standard InChI is InChI=1S/C11H13ClN4O3S2/c1-6-9(10(12)16(2)15-6)11(17)14-5-7-3-4-8(20-7)21(13,18)19/h3-4H,5H2,1-2H3,(H,14,17)(H2,13,18,19). The third-order valence-corrected chi connectivity index (χ3v) is 5.68. The van der Waals surface area contributed by atoms with Crippen LogP contribution in [0.5, 0.6) is 0 Å². The molecule has 7 nitrogen and oxygen atoms in total. The number of primary sulfonamides is 1. The van der Waals surface area contributed by atoms with Crippen LogP contribution in [-0.4, -0.2) is 24.1 Å². The highest BCUT2D eigenvalue weighted by Crippen LogP contribution is 2.21. The van der Waals surface area contributed by atoms with Crippen molar-refractivity contribution in [2.75, 3.05) is 0 Å². The lowest BCUT2D eigenvalue weighted by molar-refractivity contribution is 0.0951. The Labute approximate surface area is 130 Å². The number of carbonyl (C=O) groups excluding carboxylic acids is 1. The third kappa shape index (κ3) is 3.43. The summed E-state index contributed by atoms with van der Waals surface area (Å²) in [6.07, 6.45) is 0. The SMILES string of the molecule is Cc1nn(C)c(Cl)c1C(=O)NCc1ccc(S(N)(=O)=O)s1. The molecule has 1 amide bonds. The van der Waals surface area contributed by atoms with E-state index in [0.29, 0.717) is 16.1 Å². The Balaban J connectivity index is 2.10. The molecule has 0 saturated heterocycles. The molecule has 21 heavy (non-hydrogen) atoms. The van der Waals surface area contributed by atoms with Crippen LogP contribution in [0.1, 0.15) is 20.9 Å². The zero-order valence-electron chi connectivity index (χ0n) is 11.3. The predicted molar refractivity (Wildman–Crippen MR) is 79.8 cm³/mol. The zero-order chi connectivity index (χ0) is 15.8. The van der Waals surface area contributed by atoms with Crippen LogP contribution in [-0.2, 0) is 23.6 Å². The second-order valence-electron chi connectivity index (χ2n) is 4.32. The van der Waals surface area contributed by atoms with Gasteiger partial charge in [-0.1, -0.05) is 11.6 Å². The largest absolute Gasteiger partial charge is 0.347 e.